The van der Waals surface area contributed by atoms with Gasteiger partial charge in [0, 0.05) is 16.5 Å². The van der Waals surface area contributed by atoms with Gasteiger partial charge in [0.25, 0.3) is 0 Å². The third-order valence-electron chi connectivity index (χ3n) is 2.11. The van der Waals surface area contributed by atoms with Crippen LogP contribution in [0.15, 0.2) is 15.1 Å². The van der Waals surface area contributed by atoms with Crippen molar-refractivity contribution in [3.05, 3.63) is 27.2 Å². The average Bonchev–Trinajstić information content (AvgIpc) is 2.94. The molecule has 0 aliphatic heterocycles. The summed E-state index contributed by atoms with van der Waals surface area (Å²) in [6.45, 7) is 2.09. The van der Waals surface area contributed by atoms with Crippen molar-refractivity contribution in [1.82, 2.24) is 9.97 Å². The number of hydrogen-bond donors (Lipinski definition) is 1. The average molecular weight is 300 g/mol. The lowest BCUT2D eigenvalue weighted by atomic mass is 10.3. The molecular formula is C11H12N2O2S3. The summed E-state index contributed by atoms with van der Waals surface area (Å²) < 4.78 is 0.900. The summed E-state index contributed by atoms with van der Waals surface area (Å²) in [6, 6.07) is 0. The van der Waals surface area contributed by atoms with Crippen LogP contribution in [-0.2, 0) is 23.4 Å². The van der Waals surface area contributed by atoms with E-state index in [1.807, 2.05) is 0 Å². The molecule has 2 heterocycles. The van der Waals surface area contributed by atoms with Crippen LogP contribution >= 0.6 is 34.4 Å². The van der Waals surface area contributed by atoms with Crippen LogP contribution in [-0.4, -0.2) is 21.0 Å². The maximum absolute atomic E-state index is 10.5. The Balaban J connectivity index is 1.89. The van der Waals surface area contributed by atoms with Crippen LogP contribution in [0.1, 0.15) is 23.3 Å². The van der Waals surface area contributed by atoms with Crippen molar-refractivity contribution in [3.8, 4) is 0 Å². The molecule has 1 N–H and O–H groups in total. The summed E-state index contributed by atoms with van der Waals surface area (Å²) in [6.07, 6.45) is 0.961. The van der Waals surface area contributed by atoms with Gasteiger partial charge in [-0.1, -0.05) is 18.7 Å². The lowest BCUT2D eigenvalue weighted by molar-refractivity contribution is -0.136. The Bertz CT molecular complexity index is 536. The highest BCUT2D eigenvalue weighted by molar-refractivity contribution is 8.00. The molecule has 0 saturated heterocycles. The minimum atomic E-state index is -0.844. The second-order valence-corrected chi connectivity index (χ2v) is 6.57. The summed E-state index contributed by atoms with van der Waals surface area (Å²) in [5.41, 5.74) is 1.69. The minimum absolute atomic E-state index is 0.00621. The number of carbonyl (C=O) groups is 1. The molecule has 96 valence electrons. The van der Waals surface area contributed by atoms with Crippen LogP contribution in [0.5, 0.6) is 0 Å². The predicted octanol–water partition coefficient (Wildman–Crippen LogP) is 3.08. The van der Waals surface area contributed by atoms with Crippen LogP contribution in [0, 0.1) is 0 Å². The van der Waals surface area contributed by atoms with Gasteiger partial charge in [0.05, 0.1) is 22.8 Å². The highest BCUT2D eigenvalue weighted by Gasteiger charge is 2.08. The van der Waals surface area contributed by atoms with Crippen molar-refractivity contribution in [1.29, 1.82) is 0 Å². The molecular weight excluding hydrogens is 288 g/mol. The van der Waals surface area contributed by atoms with Crippen LogP contribution in [0.25, 0.3) is 0 Å². The number of aromatic nitrogens is 2. The van der Waals surface area contributed by atoms with E-state index in [2.05, 4.69) is 22.3 Å². The van der Waals surface area contributed by atoms with Gasteiger partial charge >= 0.3 is 5.97 Å². The molecule has 7 heteroatoms. The molecule has 2 aromatic heterocycles. The van der Waals surface area contributed by atoms with E-state index in [4.69, 9.17) is 5.11 Å². The first kappa shape index (κ1) is 13.5. The van der Waals surface area contributed by atoms with Crippen molar-refractivity contribution in [2.75, 3.05) is 0 Å². The van der Waals surface area contributed by atoms with Crippen LogP contribution in [0.3, 0.4) is 0 Å². The first-order chi connectivity index (χ1) is 8.67. The molecule has 0 saturated carbocycles. The quantitative estimate of drug-likeness (QED) is 0.831. The number of aliphatic carboxylic acids is 1. The van der Waals surface area contributed by atoms with Gasteiger partial charge < -0.3 is 5.11 Å². The Kier molecular flexibility index (Phi) is 4.73. The Morgan fingerprint density at radius 3 is 2.78 bits per heavy atom. The third kappa shape index (κ3) is 3.79. The molecule has 0 amide bonds. The fourth-order valence-electron chi connectivity index (χ4n) is 1.30. The molecule has 2 aromatic rings. The van der Waals surface area contributed by atoms with E-state index in [1.54, 1.807) is 28.5 Å². The van der Waals surface area contributed by atoms with Crippen LogP contribution in [0.4, 0.5) is 0 Å². The fraction of sp³-hybridized carbons (Fsp3) is 0.364. The van der Waals surface area contributed by atoms with Gasteiger partial charge in [0.1, 0.15) is 0 Å². The number of hydrogen-bond acceptors (Lipinski definition) is 6. The topological polar surface area (TPSA) is 63.1 Å². The summed E-state index contributed by atoms with van der Waals surface area (Å²) in [7, 11) is 0. The van der Waals surface area contributed by atoms with E-state index in [-0.39, 0.29) is 6.42 Å². The zero-order valence-corrected chi connectivity index (χ0v) is 12.2. The molecule has 0 fully saturated rings. The standard InChI is InChI=1S/C11H12N2O2S3/c1-2-9-12-8(5-16-9)6-18-11-13-7(4-17-11)3-10(14)15/h4-5H,2-3,6H2,1H3,(H,14,15). The van der Waals surface area contributed by atoms with Gasteiger partial charge in [-0.05, 0) is 6.42 Å². The Labute approximate surface area is 117 Å². The molecule has 18 heavy (non-hydrogen) atoms. The van der Waals surface area contributed by atoms with Crippen molar-refractivity contribution < 1.29 is 9.90 Å². The number of carboxylic acid groups (broad SMARTS) is 1. The molecule has 0 spiro atoms. The first-order valence-corrected chi connectivity index (χ1v) is 8.14. The summed E-state index contributed by atoms with van der Waals surface area (Å²) in [5, 5.41) is 13.7. The Hall–Kier alpha value is -0.920. The van der Waals surface area contributed by atoms with Gasteiger partial charge in [-0.25, -0.2) is 9.97 Å². The summed E-state index contributed by atoms with van der Waals surface area (Å²) in [5.74, 6) is -0.0554. The molecule has 0 aliphatic carbocycles. The SMILES string of the molecule is CCc1nc(CSc2nc(CC(=O)O)cs2)cs1. The molecule has 0 aliphatic rings. The van der Waals surface area contributed by atoms with Gasteiger partial charge in [0.15, 0.2) is 4.34 Å². The van der Waals surface area contributed by atoms with E-state index >= 15 is 0 Å². The van der Waals surface area contributed by atoms with Crippen LogP contribution in [0.2, 0.25) is 0 Å². The van der Waals surface area contributed by atoms with Crippen LogP contribution < -0.4 is 0 Å². The van der Waals surface area contributed by atoms with E-state index in [9.17, 15) is 4.79 Å². The summed E-state index contributed by atoms with van der Waals surface area (Å²) >= 11 is 4.77. The van der Waals surface area contributed by atoms with Crippen molar-refractivity contribution in [2.24, 2.45) is 0 Å². The van der Waals surface area contributed by atoms with Crippen molar-refractivity contribution in [3.63, 3.8) is 0 Å². The zero-order chi connectivity index (χ0) is 13.0. The van der Waals surface area contributed by atoms with Gasteiger partial charge in [0.2, 0.25) is 0 Å². The van der Waals surface area contributed by atoms with Gasteiger partial charge in [-0.2, -0.15) is 0 Å². The molecule has 0 unspecified atom stereocenters. The molecule has 2 rings (SSSR count). The number of rotatable bonds is 6. The third-order valence-corrected chi connectivity index (χ3v) is 5.25. The molecule has 0 bridgehead atoms. The number of thiazole rings is 2. The number of carboxylic acids is 1. The Morgan fingerprint density at radius 1 is 1.33 bits per heavy atom. The monoisotopic (exact) mass is 300 g/mol. The number of nitrogens with zero attached hydrogens (tertiary/aromatic N) is 2. The maximum atomic E-state index is 10.5. The smallest absolute Gasteiger partial charge is 0.309 e. The van der Waals surface area contributed by atoms with Crippen molar-refractivity contribution >= 4 is 40.4 Å². The van der Waals surface area contributed by atoms with Gasteiger partial charge in [-0.3, -0.25) is 4.79 Å². The zero-order valence-electron chi connectivity index (χ0n) is 9.75. The fourth-order valence-corrected chi connectivity index (χ4v) is 3.89. The second-order valence-electron chi connectivity index (χ2n) is 3.55. The highest BCUT2D eigenvalue weighted by Crippen LogP contribution is 2.27. The van der Waals surface area contributed by atoms with E-state index in [0.29, 0.717) is 5.69 Å². The highest BCUT2D eigenvalue weighted by atomic mass is 32.2. The Morgan fingerprint density at radius 2 is 2.11 bits per heavy atom. The lowest BCUT2D eigenvalue weighted by Crippen LogP contribution is -1.99. The largest absolute Gasteiger partial charge is 0.481 e. The number of aryl methyl sites for hydroxylation is 1. The predicted molar refractivity (Wildman–Crippen MR) is 74.5 cm³/mol. The van der Waals surface area contributed by atoms with E-state index < -0.39 is 5.97 Å². The molecule has 0 atom stereocenters. The normalized spacial score (nSPS) is 10.7. The maximum Gasteiger partial charge on any atom is 0.309 e. The van der Waals surface area contributed by atoms with E-state index in [0.717, 1.165) is 27.2 Å². The van der Waals surface area contributed by atoms with E-state index in [1.165, 1.54) is 11.3 Å². The minimum Gasteiger partial charge on any atom is -0.481 e. The molecule has 4 nitrogen and oxygen atoms in total. The second kappa shape index (κ2) is 6.31. The molecule has 0 aromatic carbocycles. The van der Waals surface area contributed by atoms with Gasteiger partial charge in [-0.15, -0.1) is 22.7 Å². The summed E-state index contributed by atoms with van der Waals surface area (Å²) in [4.78, 5) is 19.3. The first-order valence-electron chi connectivity index (χ1n) is 5.39. The van der Waals surface area contributed by atoms with Crippen molar-refractivity contribution in [2.45, 2.75) is 29.9 Å². The molecule has 0 radical (unpaired) electrons. The number of thioether (sulfide) groups is 1. The lowest BCUT2D eigenvalue weighted by Gasteiger charge is -1.93.